The molecule has 0 bridgehead atoms. The van der Waals surface area contributed by atoms with Crippen molar-refractivity contribution in [1.29, 1.82) is 0 Å². The van der Waals surface area contributed by atoms with E-state index in [1.165, 1.54) is 0 Å². The zero-order chi connectivity index (χ0) is 23.1. The predicted molar refractivity (Wildman–Crippen MR) is 125 cm³/mol. The maximum absolute atomic E-state index is 13.3. The topological polar surface area (TPSA) is 67.9 Å². The van der Waals surface area contributed by atoms with Gasteiger partial charge < -0.3 is 19.7 Å². The number of carbonyl (C=O) groups excluding carboxylic acids is 2. The van der Waals surface area contributed by atoms with E-state index in [4.69, 9.17) is 9.47 Å². The van der Waals surface area contributed by atoms with Gasteiger partial charge in [-0.25, -0.2) is 0 Å². The van der Waals surface area contributed by atoms with Crippen LogP contribution in [0.4, 0.5) is 0 Å². The smallest absolute Gasteiger partial charge is 0.242 e. The number of nitrogens with zero attached hydrogens (tertiary/aromatic N) is 1. The van der Waals surface area contributed by atoms with Crippen molar-refractivity contribution in [3.05, 3.63) is 59.2 Å². The SMILES string of the molecule is CC[C@@H](C)NC(=O)[C@@H](C)N(Cc1cccc(C)c1)C(=O)CCc1ccc2c(c1)OCCO2. The first-order valence-electron chi connectivity index (χ1n) is 11.4. The van der Waals surface area contributed by atoms with Crippen LogP contribution in [0.1, 0.15) is 50.3 Å². The molecule has 172 valence electrons. The van der Waals surface area contributed by atoms with Gasteiger partial charge in [0.2, 0.25) is 11.8 Å². The van der Waals surface area contributed by atoms with Gasteiger partial charge in [0.25, 0.3) is 0 Å². The fourth-order valence-electron chi connectivity index (χ4n) is 3.69. The molecule has 0 saturated heterocycles. The minimum atomic E-state index is -0.558. The molecule has 1 aliphatic heterocycles. The van der Waals surface area contributed by atoms with Gasteiger partial charge in [0.05, 0.1) is 0 Å². The average molecular weight is 439 g/mol. The molecule has 0 aromatic heterocycles. The molecule has 1 aliphatic rings. The van der Waals surface area contributed by atoms with E-state index in [-0.39, 0.29) is 17.9 Å². The molecule has 0 saturated carbocycles. The molecule has 2 aromatic rings. The van der Waals surface area contributed by atoms with E-state index in [0.29, 0.717) is 32.6 Å². The first-order chi connectivity index (χ1) is 15.4. The Labute approximate surface area is 190 Å². The lowest BCUT2D eigenvalue weighted by molar-refractivity contribution is -0.140. The second-order valence-corrected chi connectivity index (χ2v) is 8.48. The van der Waals surface area contributed by atoms with Crippen molar-refractivity contribution < 1.29 is 19.1 Å². The Morgan fingerprint density at radius 1 is 1.03 bits per heavy atom. The number of rotatable bonds is 9. The van der Waals surface area contributed by atoms with Gasteiger partial charge in [0.15, 0.2) is 11.5 Å². The van der Waals surface area contributed by atoms with Crippen molar-refractivity contribution in [3.63, 3.8) is 0 Å². The van der Waals surface area contributed by atoms with Gasteiger partial charge in [0.1, 0.15) is 19.3 Å². The number of ether oxygens (including phenoxy) is 2. The Balaban J connectivity index is 1.72. The third kappa shape index (κ3) is 6.25. The summed E-state index contributed by atoms with van der Waals surface area (Å²) in [5.41, 5.74) is 3.15. The lowest BCUT2D eigenvalue weighted by atomic mass is 10.1. The van der Waals surface area contributed by atoms with Crippen LogP contribution in [0.3, 0.4) is 0 Å². The highest BCUT2D eigenvalue weighted by Crippen LogP contribution is 2.31. The van der Waals surface area contributed by atoms with Gasteiger partial charge in [0, 0.05) is 19.0 Å². The summed E-state index contributed by atoms with van der Waals surface area (Å²) in [5, 5.41) is 3.01. The maximum Gasteiger partial charge on any atom is 0.242 e. The van der Waals surface area contributed by atoms with E-state index >= 15 is 0 Å². The van der Waals surface area contributed by atoms with Crippen LogP contribution in [0.2, 0.25) is 0 Å². The van der Waals surface area contributed by atoms with Gasteiger partial charge in [-0.2, -0.15) is 0 Å². The highest BCUT2D eigenvalue weighted by molar-refractivity contribution is 5.87. The normalized spacial score (nSPS) is 14.4. The number of aryl methyl sites for hydroxylation is 2. The number of nitrogens with one attached hydrogen (secondary N) is 1. The van der Waals surface area contributed by atoms with Crippen molar-refractivity contribution in [1.82, 2.24) is 10.2 Å². The fourth-order valence-corrected chi connectivity index (χ4v) is 3.69. The first kappa shape index (κ1) is 23.6. The largest absolute Gasteiger partial charge is 0.486 e. The molecule has 0 radical (unpaired) electrons. The Morgan fingerprint density at radius 3 is 2.50 bits per heavy atom. The van der Waals surface area contributed by atoms with Crippen molar-refractivity contribution >= 4 is 11.8 Å². The van der Waals surface area contributed by atoms with Gasteiger partial charge in [-0.1, -0.05) is 42.8 Å². The first-order valence-corrected chi connectivity index (χ1v) is 11.4. The Kier molecular flexibility index (Phi) is 8.14. The van der Waals surface area contributed by atoms with Crippen LogP contribution in [0.5, 0.6) is 11.5 Å². The Morgan fingerprint density at radius 2 is 1.78 bits per heavy atom. The van der Waals surface area contributed by atoms with Gasteiger partial charge in [-0.05, 0) is 56.9 Å². The number of benzene rings is 2. The molecule has 0 aliphatic carbocycles. The zero-order valence-electron chi connectivity index (χ0n) is 19.5. The molecule has 0 fully saturated rings. The summed E-state index contributed by atoms with van der Waals surface area (Å²) >= 11 is 0. The standard InChI is InChI=1S/C26H34N2O4/c1-5-19(3)27-26(30)20(4)28(17-22-8-6-7-18(2)15-22)25(29)12-10-21-9-11-23-24(16-21)32-14-13-31-23/h6-9,11,15-16,19-20H,5,10,12-14,17H2,1-4H3,(H,27,30)/t19-,20-/m1/s1. The molecule has 0 unspecified atom stereocenters. The molecule has 1 heterocycles. The van der Waals surface area contributed by atoms with Crippen LogP contribution in [0.25, 0.3) is 0 Å². The number of amides is 2. The van der Waals surface area contributed by atoms with Crippen molar-refractivity contribution in [3.8, 4) is 11.5 Å². The van der Waals surface area contributed by atoms with Crippen LogP contribution in [-0.2, 0) is 22.6 Å². The molecule has 3 rings (SSSR count). The molecule has 2 amide bonds. The van der Waals surface area contributed by atoms with E-state index in [9.17, 15) is 9.59 Å². The molecule has 2 atom stereocenters. The van der Waals surface area contributed by atoms with E-state index in [1.54, 1.807) is 11.8 Å². The molecular weight excluding hydrogens is 404 g/mol. The summed E-state index contributed by atoms with van der Waals surface area (Å²) in [5.74, 6) is 1.29. The van der Waals surface area contributed by atoms with Crippen LogP contribution < -0.4 is 14.8 Å². The predicted octanol–water partition coefficient (Wildman–Crippen LogP) is 4.03. The van der Waals surface area contributed by atoms with Crippen molar-refractivity contribution in [2.45, 2.75) is 65.6 Å². The van der Waals surface area contributed by atoms with Gasteiger partial charge >= 0.3 is 0 Å². The fraction of sp³-hybridized carbons (Fsp3) is 0.462. The lowest BCUT2D eigenvalue weighted by Gasteiger charge is -2.30. The molecule has 2 aromatic carbocycles. The summed E-state index contributed by atoms with van der Waals surface area (Å²) in [6.45, 7) is 9.30. The summed E-state index contributed by atoms with van der Waals surface area (Å²) in [4.78, 5) is 27.8. The van der Waals surface area contributed by atoms with E-state index < -0.39 is 6.04 Å². The van der Waals surface area contributed by atoms with Crippen LogP contribution in [-0.4, -0.2) is 42.0 Å². The maximum atomic E-state index is 13.3. The lowest BCUT2D eigenvalue weighted by Crippen LogP contribution is -2.49. The average Bonchev–Trinajstić information content (AvgIpc) is 2.80. The number of carbonyl (C=O) groups is 2. The monoisotopic (exact) mass is 438 g/mol. The summed E-state index contributed by atoms with van der Waals surface area (Å²) in [6, 6.07) is 13.4. The Bertz CT molecular complexity index is 943. The molecular formula is C26H34N2O4. The molecule has 6 nitrogen and oxygen atoms in total. The quantitative estimate of drug-likeness (QED) is 0.642. The molecule has 32 heavy (non-hydrogen) atoms. The minimum Gasteiger partial charge on any atom is -0.486 e. The van der Waals surface area contributed by atoms with Crippen molar-refractivity contribution in [2.24, 2.45) is 0 Å². The summed E-state index contributed by atoms with van der Waals surface area (Å²) in [6.07, 6.45) is 1.72. The third-order valence-corrected chi connectivity index (χ3v) is 5.84. The van der Waals surface area contributed by atoms with Crippen molar-refractivity contribution in [2.75, 3.05) is 13.2 Å². The number of fused-ring (bicyclic) bond motifs is 1. The minimum absolute atomic E-state index is 0.0480. The van der Waals surface area contributed by atoms with E-state index in [1.807, 2.05) is 57.2 Å². The second-order valence-electron chi connectivity index (χ2n) is 8.48. The Hall–Kier alpha value is -3.02. The van der Waals surface area contributed by atoms with E-state index in [0.717, 1.165) is 34.6 Å². The van der Waals surface area contributed by atoms with Gasteiger partial charge in [-0.3, -0.25) is 9.59 Å². The molecule has 1 N–H and O–H groups in total. The molecule has 6 heteroatoms. The van der Waals surface area contributed by atoms with Crippen LogP contribution >= 0.6 is 0 Å². The highest BCUT2D eigenvalue weighted by Gasteiger charge is 2.26. The molecule has 0 spiro atoms. The number of hydrogen-bond donors (Lipinski definition) is 1. The van der Waals surface area contributed by atoms with Crippen LogP contribution in [0, 0.1) is 6.92 Å². The highest BCUT2D eigenvalue weighted by atomic mass is 16.6. The summed E-state index contributed by atoms with van der Waals surface area (Å²) < 4.78 is 11.2. The second kappa shape index (κ2) is 11.0. The van der Waals surface area contributed by atoms with Gasteiger partial charge in [-0.15, -0.1) is 0 Å². The zero-order valence-corrected chi connectivity index (χ0v) is 19.5. The van der Waals surface area contributed by atoms with Crippen LogP contribution in [0.15, 0.2) is 42.5 Å². The summed E-state index contributed by atoms with van der Waals surface area (Å²) in [7, 11) is 0. The third-order valence-electron chi connectivity index (χ3n) is 5.84. The van der Waals surface area contributed by atoms with E-state index in [2.05, 4.69) is 11.4 Å². The number of hydrogen-bond acceptors (Lipinski definition) is 4.